The number of para-hydroxylation sites is 1. The van der Waals surface area contributed by atoms with Crippen molar-refractivity contribution in [1.29, 1.82) is 5.26 Å². The van der Waals surface area contributed by atoms with Crippen LogP contribution >= 0.6 is 23.2 Å². The summed E-state index contributed by atoms with van der Waals surface area (Å²) in [4.78, 5) is 12.9. The smallest absolute Gasteiger partial charge is 0.343 e. The number of halogens is 2. The standard InChI is InChI=1S/C28H24Cl2N2O5/c1-3-11-35-26-21(29)12-16(13-22(26)30)28(33)36-17-9-10-19-24(14-17)37-27(32)20(15-31)25(19)18-7-5-6-8-23(18)34-4-2/h5-10,12-14,25H,3-4,11,32H2,1-2H3. The highest BCUT2D eigenvalue weighted by Gasteiger charge is 2.33. The third kappa shape index (κ3) is 5.46. The van der Waals surface area contributed by atoms with Gasteiger partial charge in [-0.3, -0.25) is 0 Å². The Kier molecular flexibility index (Phi) is 8.12. The molecule has 1 atom stereocenters. The van der Waals surface area contributed by atoms with Crippen LogP contribution in [0.2, 0.25) is 10.0 Å². The van der Waals surface area contributed by atoms with E-state index in [1.54, 1.807) is 18.2 Å². The number of ether oxygens (including phenoxy) is 4. The van der Waals surface area contributed by atoms with Crippen LogP contribution < -0.4 is 24.7 Å². The molecule has 0 fully saturated rings. The van der Waals surface area contributed by atoms with Crippen molar-refractivity contribution in [3.05, 3.63) is 92.8 Å². The van der Waals surface area contributed by atoms with E-state index in [1.165, 1.54) is 12.1 Å². The fraction of sp³-hybridized carbons (Fsp3) is 0.214. The van der Waals surface area contributed by atoms with E-state index in [4.69, 9.17) is 47.9 Å². The van der Waals surface area contributed by atoms with E-state index >= 15 is 0 Å². The highest BCUT2D eigenvalue weighted by atomic mass is 35.5. The fourth-order valence-corrected chi connectivity index (χ4v) is 4.61. The molecule has 0 amide bonds. The number of allylic oxidation sites excluding steroid dienone is 1. The molecule has 0 radical (unpaired) electrons. The van der Waals surface area contributed by atoms with Crippen LogP contribution in [0.1, 0.15) is 47.7 Å². The summed E-state index contributed by atoms with van der Waals surface area (Å²) in [5, 5.41) is 10.3. The molecule has 0 aromatic heterocycles. The van der Waals surface area contributed by atoms with Gasteiger partial charge in [0.15, 0.2) is 5.75 Å². The molecule has 1 aliphatic rings. The van der Waals surface area contributed by atoms with Crippen LogP contribution in [-0.2, 0) is 0 Å². The summed E-state index contributed by atoms with van der Waals surface area (Å²) in [5.74, 6) is 0.313. The fourth-order valence-electron chi connectivity index (χ4n) is 4.01. The third-order valence-corrected chi connectivity index (χ3v) is 6.18. The number of esters is 1. The molecule has 0 spiro atoms. The first-order chi connectivity index (χ1) is 17.9. The Hall–Kier alpha value is -3.86. The van der Waals surface area contributed by atoms with Crippen LogP contribution in [0.5, 0.6) is 23.0 Å². The maximum absolute atomic E-state index is 12.9. The van der Waals surface area contributed by atoms with E-state index in [2.05, 4.69) is 6.07 Å². The minimum atomic E-state index is -0.666. The predicted molar refractivity (Wildman–Crippen MR) is 141 cm³/mol. The van der Waals surface area contributed by atoms with Gasteiger partial charge < -0.3 is 24.7 Å². The number of carbonyl (C=O) groups excluding carboxylic acids is 1. The Balaban J connectivity index is 1.65. The largest absolute Gasteiger partial charge is 0.494 e. The van der Waals surface area contributed by atoms with Crippen molar-refractivity contribution in [1.82, 2.24) is 0 Å². The molecule has 9 heteroatoms. The van der Waals surface area contributed by atoms with Crippen LogP contribution in [0.15, 0.2) is 66.1 Å². The first-order valence-electron chi connectivity index (χ1n) is 11.6. The number of fused-ring (bicyclic) bond motifs is 1. The highest BCUT2D eigenvalue weighted by Crippen LogP contribution is 2.46. The van der Waals surface area contributed by atoms with Crippen molar-refractivity contribution in [3.8, 4) is 29.1 Å². The summed E-state index contributed by atoms with van der Waals surface area (Å²) in [6.07, 6.45) is 0.782. The molecule has 1 heterocycles. The van der Waals surface area contributed by atoms with Gasteiger partial charge in [0.05, 0.1) is 34.7 Å². The zero-order valence-corrected chi connectivity index (χ0v) is 21.7. The number of hydrogen-bond donors (Lipinski definition) is 1. The second kappa shape index (κ2) is 11.5. The lowest BCUT2D eigenvalue weighted by atomic mass is 9.83. The van der Waals surface area contributed by atoms with Gasteiger partial charge in [-0.1, -0.05) is 54.4 Å². The van der Waals surface area contributed by atoms with Gasteiger partial charge in [0, 0.05) is 17.2 Å². The zero-order chi connectivity index (χ0) is 26.5. The minimum Gasteiger partial charge on any atom is -0.494 e. The molecule has 0 bridgehead atoms. The van der Waals surface area contributed by atoms with Gasteiger partial charge in [-0.2, -0.15) is 5.26 Å². The van der Waals surface area contributed by atoms with Gasteiger partial charge in [0.2, 0.25) is 5.88 Å². The molecule has 7 nitrogen and oxygen atoms in total. The van der Waals surface area contributed by atoms with Gasteiger partial charge in [-0.05, 0) is 37.6 Å². The van der Waals surface area contributed by atoms with Crippen molar-refractivity contribution in [2.24, 2.45) is 5.73 Å². The van der Waals surface area contributed by atoms with Crippen LogP contribution in [0.4, 0.5) is 0 Å². The first kappa shape index (κ1) is 26.2. The van der Waals surface area contributed by atoms with Crippen LogP contribution in [0, 0.1) is 11.3 Å². The van der Waals surface area contributed by atoms with Crippen molar-refractivity contribution < 1.29 is 23.7 Å². The Morgan fingerprint density at radius 2 is 1.78 bits per heavy atom. The monoisotopic (exact) mass is 538 g/mol. The van der Waals surface area contributed by atoms with Gasteiger partial charge >= 0.3 is 5.97 Å². The van der Waals surface area contributed by atoms with E-state index in [1.807, 2.05) is 38.1 Å². The number of rotatable bonds is 8. The average molecular weight is 539 g/mol. The minimum absolute atomic E-state index is 0.0315. The first-order valence-corrected chi connectivity index (χ1v) is 12.4. The van der Waals surface area contributed by atoms with E-state index in [9.17, 15) is 10.1 Å². The van der Waals surface area contributed by atoms with E-state index in [0.717, 1.165) is 12.0 Å². The maximum atomic E-state index is 12.9. The summed E-state index contributed by atoms with van der Waals surface area (Å²) in [6.45, 7) is 4.75. The Morgan fingerprint density at radius 3 is 2.46 bits per heavy atom. The summed E-state index contributed by atoms with van der Waals surface area (Å²) < 4.78 is 22.7. The van der Waals surface area contributed by atoms with Crippen molar-refractivity contribution in [2.75, 3.05) is 13.2 Å². The number of nitrogens with two attached hydrogens (primary N) is 1. The summed E-state index contributed by atoms with van der Waals surface area (Å²) >= 11 is 12.5. The number of carbonyl (C=O) groups is 1. The molecule has 3 aromatic rings. The second-order valence-corrected chi connectivity index (χ2v) is 8.92. The summed E-state index contributed by atoms with van der Waals surface area (Å²) in [6, 6.07) is 17.4. The van der Waals surface area contributed by atoms with Crippen LogP contribution in [0.25, 0.3) is 0 Å². The lowest BCUT2D eigenvalue weighted by molar-refractivity contribution is 0.0734. The Bertz CT molecular complexity index is 1390. The molecule has 37 heavy (non-hydrogen) atoms. The number of nitrogens with zero attached hydrogens (tertiary/aromatic N) is 1. The summed E-state index contributed by atoms with van der Waals surface area (Å²) in [7, 11) is 0. The van der Waals surface area contributed by atoms with Gasteiger partial charge in [-0.25, -0.2) is 4.79 Å². The molecule has 3 aromatic carbocycles. The topological polar surface area (TPSA) is 104 Å². The van der Waals surface area contributed by atoms with E-state index < -0.39 is 11.9 Å². The summed E-state index contributed by atoms with van der Waals surface area (Å²) in [5.41, 5.74) is 8.00. The molecule has 0 saturated carbocycles. The van der Waals surface area contributed by atoms with Crippen molar-refractivity contribution >= 4 is 29.2 Å². The molecule has 190 valence electrons. The Labute approximate surface area is 224 Å². The molecular formula is C28H24Cl2N2O5. The molecule has 0 aliphatic carbocycles. The number of benzene rings is 3. The number of hydrogen-bond acceptors (Lipinski definition) is 7. The van der Waals surface area contributed by atoms with Gasteiger partial charge in [0.25, 0.3) is 0 Å². The molecule has 2 N–H and O–H groups in total. The molecule has 0 saturated heterocycles. The average Bonchev–Trinajstić information content (AvgIpc) is 2.88. The maximum Gasteiger partial charge on any atom is 0.343 e. The molecule has 1 unspecified atom stereocenters. The van der Waals surface area contributed by atoms with E-state index in [0.29, 0.717) is 36.0 Å². The van der Waals surface area contributed by atoms with Crippen LogP contribution in [-0.4, -0.2) is 19.2 Å². The predicted octanol–water partition coefficient (Wildman–Crippen LogP) is 6.62. The van der Waals surface area contributed by atoms with Gasteiger partial charge in [0.1, 0.15) is 28.9 Å². The highest BCUT2D eigenvalue weighted by molar-refractivity contribution is 6.37. The zero-order valence-electron chi connectivity index (χ0n) is 20.2. The molecule has 1 aliphatic heterocycles. The third-order valence-electron chi connectivity index (χ3n) is 5.62. The lowest BCUT2D eigenvalue weighted by Gasteiger charge is -2.27. The lowest BCUT2D eigenvalue weighted by Crippen LogP contribution is -2.21. The number of nitriles is 1. The van der Waals surface area contributed by atoms with Crippen molar-refractivity contribution in [2.45, 2.75) is 26.2 Å². The van der Waals surface area contributed by atoms with Crippen LogP contribution in [0.3, 0.4) is 0 Å². The van der Waals surface area contributed by atoms with E-state index in [-0.39, 0.29) is 32.8 Å². The van der Waals surface area contributed by atoms with Gasteiger partial charge in [-0.15, -0.1) is 0 Å². The normalized spacial score (nSPS) is 14.3. The van der Waals surface area contributed by atoms with Crippen molar-refractivity contribution in [3.63, 3.8) is 0 Å². The second-order valence-electron chi connectivity index (χ2n) is 8.10. The molecule has 4 rings (SSSR count). The Morgan fingerprint density at radius 1 is 1.05 bits per heavy atom. The SMILES string of the molecule is CCCOc1c(Cl)cc(C(=O)Oc2ccc3c(c2)OC(N)=C(C#N)C3c2ccccc2OCC)cc1Cl. The quantitative estimate of drug-likeness (QED) is 0.254. The molecular weight excluding hydrogens is 515 g/mol.